The van der Waals surface area contributed by atoms with Gasteiger partial charge in [0.05, 0.1) is 37.4 Å². The molecule has 184 valence electrons. The highest BCUT2D eigenvalue weighted by atomic mass is 35.5. The van der Waals surface area contributed by atoms with Gasteiger partial charge in [0.1, 0.15) is 5.75 Å². The molecule has 1 N–H and O–H groups in total. The summed E-state index contributed by atoms with van der Waals surface area (Å²) in [7, 11) is -0.890. The fourth-order valence-electron chi connectivity index (χ4n) is 3.81. The summed E-state index contributed by atoms with van der Waals surface area (Å²) in [4.78, 5) is 13.3. The summed E-state index contributed by atoms with van der Waals surface area (Å²) in [6.07, 6.45) is -1.06. The predicted octanol–water partition coefficient (Wildman–Crippen LogP) is 4.19. The minimum absolute atomic E-state index is 0.0662. The number of carbonyl (C=O) groups is 1. The van der Waals surface area contributed by atoms with E-state index in [9.17, 15) is 13.2 Å². The summed E-state index contributed by atoms with van der Waals surface area (Å²) in [5.41, 5.74) is 1.15. The maximum Gasteiger partial charge on any atom is 0.264 e. The Balaban J connectivity index is 1.59. The number of amides is 1. The first-order chi connectivity index (χ1) is 16.7. The zero-order valence-electron chi connectivity index (χ0n) is 19.4. The number of methoxy groups -OCH3 is 2. The predicted molar refractivity (Wildman–Crippen MR) is 133 cm³/mol. The van der Waals surface area contributed by atoms with Crippen molar-refractivity contribution < 1.29 is 27.4 Å². The van der Waals surface area contributed by atoms with Gasteiger partial charge in [-0.15, -0.1) is 0 Å². The average molecular weight is 517 g/mol. The number of ether oxygens (including phenoxy) is 3. The molecule has 1 aliphatic rings. The molecule has 1 amide bonds. The van der Waals surface area contributed by atoms with E-state index in [4.69, 9.17) is 25.8 Å². The molecule has 0 spiro atoms. The Hall–Kier alpha value is -3.43. The van der Waals surface area contributed by atoms with E-state index >= 15 is 0 Å². The molecule has 0 unspecified atom stereocenters. The number of anilines is 1. The number of benzene rings is 3. The summed E-state index contributed by atoms with van der Waals surface area (Å²) < 4.78 is 44.7. The van der Waals surface area contributed by atoms with E-state index < -0.39 is 28.1 Å². The molecule has 35 heavy (non-hydrogen) atoms. The highest BCUT2D eigenvalue weighted by Crippen LogP contribution is 2.37. The van der Waals surface area contributed by atoms with E-state index in [-0.39, 0.29) is 11.4 Å². The molecule has 0 aromatic heterocycles. The van der Waals surface area contributed by atoms with Crippen LogP contribution in [-0.2, 0) is 14.8 Å². The van der Waals surface area contributed by atoms with Crippen LogP contribution in [0.2, 0.25) is 5.02 Å². The lowest BCUT2D eigenvalue weighted by atomic mass is 10.1. The number of hydrogen-bond acceptors (Lipinski definition) is 6. The SMILES string of the molecule is COc1ccc([C@@H](C)NC(=O)[C@@H]2CN(S(=O)(=O)c3ccc(Cl)cc3)c3ccccc3O2)cc1OC. The van der Waals surface area contributed by atoms with Gasteiger partial charge in [-0.25, -0.2) is 8.42 Å². The van der Waals surface area contributed by atoms with Gasteiger partial charge in [0.25, 0.3) is 15.9 Å². The van der Waals surface area contributed by atoms with Crippen LogP contribution in [0.25, 0.3) is 0 Å². The molecule has 0 saturated carbocycles. The Labute approximate surface area is 209 Å². The van der Waals surface area contributed by atoms with Gasteiger partial charge < -0.3 is 19.5 Å². The number of fused-ring (bicyclic) bond motifs is 1. The maximum absolute atomic E-state index is 13.5. The first-order valence-electron chi connectivity index (χ1n) is 10.8. The minimum atomic E-state index is -3.97. The van der Waals surface area contributed by atoms with E-state index in [1.54, 1.807) is 43.5 Å². The van der Waals surface area contributed by atoms with Gasteiger partial charge in [-0.1, -0.05) is 29.8 Å². The molecule has 3 aromatic carbocycles. The van der Waals surface area contributed by atoms with Gasteiger partial charge in [0.15, 0.2) is 17.6 Å². The Morgan fingerprint density at radius 3 is 2.43 bits per heavy atom. The lowest BCUT2D eigenvalue weighted by Crippen LogP contribution is -2.51. The van der Waals surface area contributed by atoms with Gasteiger partial charge in [0.2, 0.25) is 0 Å². The van der Waals surface area contributed by atoms with E-state index in [1.807, 2.05) is 13.0 Å². The summed E-state index contributed by atoms with van der Waals surface area (Å²) >= 11 is 5.93. The first kappa shape index (κ1) is 24.7. The van der Waals surface area contributed by atoms with E-state index in [0.717, 1.165) is 5.56 Å². The second-order valence-corrected chi connectivity index (χ2v) is 10.2. The maximum atomic E-state index is 13.5. The lowest BCUT2D eigenvalue weighted by Gasteiger charge is -2.35. The van der Waals surface area contributed by atoms with E-state index in [0.29, 0.717) is 28.0 Å². The molecule has 1 heterocycles. The highest BCUT2D eigenvalue weighted by Gasteiger charge is 2.37. The van der Waals surface area contributed by atoms with Crippen LogP contribution in [0.15, 0.2) is 71.6 Å². The quantitative estimate of drug-likeness (QED) is 0.506. The van der Waals surface area contributed by atoms with E-state index in [2.05, 4.69) is 5.32 Å². The molecule has 1 aliphatic heterocycles. The van der Waals surface area contributed by atoms with Gasteiger partial charge in [-0.2, -0.15) is 0 Å². The molecule has 3 aromatic rings. The Kier molecular flexibility index (Phi) is 7.09. The third-order valence-corrected chi connectivity index (χ3v) is 7.74. The number of hydrogen-bond donors (Lipinski definition) is 1. The number of sulfonamides is 1. The number of para-hydroxylation sites is 2. The highest BCUT2D eigenvalue weighted by molar-refractivity contribution is 7.92. The standard InChI is InChI=1S/C25H25ClN2O6S/c1-16(17-8-13-22(32-2)23(14-17)33-3)27-25(29)24-15-28(20-6-4-5-7-21(20)34-24)35(30,31)19-11-9-18(26)10-12-19/h4-14,16,24H,15H2,1-3H3,(H,27,29)/t16-,24+/m1/s1. The third-order valence-electron chi connectivity index (χ3n) is 5.70. The summed E-state index contributed by atoms with van der Waals surface area (Å²) in [5, 5.41) is 3.33. The molecular formula is C25H25ClN2O6S. The Morgan fingerprint density at radius 1 is 1.06 bits per heavy atom. The molecule has 2 atom stereocenters. The smallest absolute Gasteiger partial charge is 0.264 e. The van der Waals surface area contributed by atoms with Crippen molar-refractivity contribution in [3.05, 3.63) is 77.3 Å². The normalized spacial score (nSPS) is 16.0. The largest absolute Gasteiger partial charge is 0.493 e. The topological polar surface area (TPSA) is 94.2 Å². The average Bonchev–Trinajstić information content (AvgIpc) is 2.87. The van der Waals surface area contributed by atoms with Crippen molar-refractivity contribution >= 4 is 33.2 Å². The van der Waals surface area contributed by atoms with Crippen LogP contribution in [0.5, 0.6) is 17.2 Å². The van der Waals surface area contributed by atoms with Crippen molar-refractivity contribution in [2.45, 2.75) is 24.0 Å². The van der Waals surface area contributed by atoms with Gasteiger partial charge in [-0.3, -0.25) is 9.10 Å². The van der Waals surface area contributed by atoms with Gasteiger partial charge >= 0.3 is 0 Å². The molecule has 10 heteroatoms. The number of halogens is 1. The minimum Gasteiger partial charge on any atom is -0.493 e. The molecule has 0 radical (unpaired) electrons. The number of nitrogens with one attached hydrogen (secondary N) is 1. The Morgan fingerprint density at radius 2 is 1.74 bits per heavy atom. The van der Waals surface area contributed by atoms with Crippen LogP contribution in [0, 0.1) is 0 Å². The number of nitrogens with zero attached hydrogens (tertiary/aromatic N) is 1. The lowest BCUT2D eigenvalue weighted by molar-refractivity contribution is -0.128. The molecule has 4 rings (SSSR count). The van der Waals surface area contributed by atoms with Crippen LogP contribution in [-0.4, -0.2) is 41.2 Å². The monoisotopic (exact) mass is 516 g/mol. The zero-order chi connectivity index (χ0) is 25.2. The van der Waals surface area contributed by atoms with Crippen molar-refractivity contribution in [3.8, 4) is 17.2 Å². The van der Waals surface area contributed by atoms with Crippen molar-refractivity contribution in [3.63, 3.8) is 0 Å². The van der Waals surface area contributed by atoms with Crippen LogP contribution in [0.1, 0.15) is 18.5 Å². The first-order valence-corrected chi connectivity index (χ1v) is 12.6. The van der Waals surface area contributed by atoms with Crippen molar-refractivity contribution in [1.29, 1.82) is 0 Å². The second kappa shape index (κ2) is 10.1. The fourth-order valence-corrected chi connectivity index (χ4v) is 5.41. The molecule has 0 aliphatic carbocycles. The Bertz CT molecular complexity index is 1330. The molecule has 0 bridgehead atoms. The summed E-state index contributed by atoms with van der Waals surface area (Å²) in [5.74, 6) is 0.965. The number of rotatable bonds is 7. The summed E-state index contributed by atoms with van der Waals surface area (Å²) in [6, 6.07) is 17.6. The zero-order valence-corrected chi connectivity index (χ0v) is 21.0. The molecular weight excluding hydrogens is 492 g/mol. The van der Waals surface area contributed by atoms with Crippen molar-refractivity contribution in [1.82, 2.24) is 5.32 Å². The van der Waals surface area contributed by atoms with Crippen molar-refractivity contribution in [2.75, 3.05) is 25.1 Å². The third kappa shape index (κ3) is 5.01. The van der Waals surface area contributed by atoms with Gasteiger partial charge in [0, 0.05) is 5.02 Å². The van der Waals surface area contributed by atoms with Crippen LogP contribution >= 0.6 is 11.6 Å². The van der Waals surface area contributed by atoms with Crippen LogP contribution in [0.4, 0.5) is 5.69 Å². The summed E-state index contributed by atoms with van der Waals surface area (Å²) in [6.45, 7) is 1.63. The second-order valence-electron chi connectivity index (χ2n) is 7.91. The van der Waals surface area contributed by atoms with E-state index in [1.165, 1.54) is 35.7 Å². The molecule has 0 saturated heterocycles. The molecule has 8 nitrogen and oxygen atoms in total. The number of carbonyl (C=O) groups excluding carboxylic acids is 1. The van der Waals surface area contributed by atoms with Crippen LogP contribution in [0.3, 0.4) is 0 Å². The fraction of sp³-hybridized carbons (Fsp3) is 0.240. The van der Waals surface area contributed by atoms with Gasteiger partial charge in [-0.05, 0) is 61.0 Å². The van der Waals surface area contributed by atoms with Crippen LogP contribution < -0.4 is 23.8 Å². The molecule has 0 fully saturated rings. The van der Waals surface area contributed by atoms with Crippen molar-refractivity contribution in [2.24, 2.45) is 0 Å².